The Kier molecular flexibility index (Phi) is 6.21. The lowest BCUT2D eigenvalue weighted by Gasteiger charge is -2.25. The Labute approximate surface area is 187 Å². The monoisotopic (exact) mass is 430 g/mol. The highest BCUT2D eigenvalue weighted by Gasteiger charge is 2.31. The molecule has 32 heavy (non-hydrogen) atoms. The summed E-state index contributed by atoms with van der Waals surface area (Å²) in [6, 6.07) is 17.2. The van der Waals surface area contributed by atoms with Gasteiger partial charge in [0.05, 0.1) is 0 Å². The number of amides is 1. The molecule has 1 heterocycles. The number of aryl methyl sites for hydroxylation is 2. The molecule has 0 saturated carbocycles. The molecule has 4 rings (SSSR count). The van der Waals surface area contributed by atoms with E-state index < -0.39 is 18.1 Å². The Morgan fingerprint density at radius 2 is 1.69 bits per heavy atom. The molecule has 6 nitrogen and oxygen atoms in total. The maximum atomic E-state index is 12.8. The smallest absolute Gasteiger partial charge is 0.410 e. The predicted molar refractivity (Wildman–Crippen MR) is 122 cm³/mol. The normalized spacial score (nSPS) is 13.2. The summed E-state index contributed by atoms with van der Waals surface area (Å²) in [6.45, 7) is 2.10. The summed E-state index contributed by atoms with van der Waals surface area (Å²) in [4.78, 5) is 29.9. The van der Waals surface area contributed by atoms with Gasteiger partial charge in [0, 0.05) is 25.4 Å². The van der Waals surface area contributed by atoms with Crippen LogP contribution in [0.4, 0.5) is 4.79 Å². The number of carbonyl (C=O) groups excluding carboxylic acids is 1. The second-order valence-corrected chi connectivity index (χ2v) is 8.18. The van der Waals surface area contributed by atoms with Crippen LogP contribution in [-0.2, 0) is 16.0 Å². The molecule has 2 aromatic carbocycles. The second kappa shape index (κ2) is 9.22. The SMILES string of the molecule is Cc1cncc(CCC(C(=O)O)N(C)C(=O)OCC2c3ccccc3-c3ccccc32)c1. The molecule has 6 heteroatoms. The zero-order valence-electron chi connectivity index (χ0n) is 18.2. The minimum Gasteiger partial charge on any atom is -0.480 e. The fourth-order valence-electron chi connectivity index (χ4n) is 4.36. The Bertz CT molecular complexity index is 1100. The van der Waals surface area contributed by atoms with Crippen LogP contribution < -0.4 is 0 Å². The molecule has 0 spiro atoms. The van der Waals surface area contributed by atoms with Crippen LogP contribution in [0.1, 0.15) is 34.6 Å². The largest absolute Gasteiger partial charge is 0.480 e. The molecule has 1 unspecified atom stereocenters. The number of carboxylic acids is 1. The van der Waals surface area contributed by atoms with Crippen LogP contribution in [0.3, 0.4) is 0 Å². The lowest BCUT2D eigenvalue weighted by atomic mass is 9.98. The van der Waals surface area contributed by atoms with Crippen LogP contribution in [-0.4, -0.2) is 46.7 Å². The first-order valence-electron chi connectivity index (χ1n) is 10.7. The standard InChI is InChI=1S/C26H26N2O4/c1-17-13-18(15-27-14-17)11-12-24(25(29)30)28(2)26(31)32-16-23-21-9-5-3-7-19(21)20-8-4-6-10-22(20)23/h3-10,13-15,23-24H,11-12,16H2,1-2H3,(H,29,30). The highest BCUT2D eigenvalue weighted by molar-refractivity contribution is 5.81. The molecule has 0 fully saturated rings. The fourth-order valence-corrected chi connectivity index (χ4v) is 4.36. The average molecular weight is 431 g/mol. The first-order valence-corrected chi connectivity index (χ1v) is 10.7. The Morgan fingerprint density at radius 3 is 2.28 bits per heavy atom. The number of pyridine rings is 1. The van der Waals surface area contributed by atoms with E-state index in [0.717, 1.165) is 33.4 Å². The van der Waals surface area contributed by atoms with E-state index in [1.807, 2.05) is 49.4 Å². The molecule has 0 radical (unpaired) electrons. The number of hydrogen-bond acceptors (Lipinski definition) is 4. The number of nitrogens with zero attached hydrogens (tertiary/aromatic N) is 2. The van der Waals surface area contributed by atoms with Crippen LogP contribution >= 0.6 is 0 Å². The van der Waals surface area contributed by atoms with Crippen molar-refractivity contribution < 1.29 is 19.4 Å². The summed E-state index contributed by atoms with van der Waals surface area (Å²) in [7, 11) is 1.48. The number of ether oxygens (including phenoxy) is 1. The first kappa shape index (κ1) is 21.6. The first-order chi connectivity index (χ1) is 15.5. The molecule has 1 N–H and O–H groups in total. The minimum absolute atomic E-state index is 0.0682. The quantitative estimate of drug-likeness (QED) is 0.590. The predicted octanol–water partition coefficient (Wildman–Crippen LogP) is 4.66. The minimum atomic E-state index is -1.05. The van der Waals surface area contributed by atoms with Gasteiger partial charge in [-0.15, -0.1) is 0 Å². The molecule has 1 amide bonds. The summed E-state index contributed by atoms with van der Waals surface area (Å²) >= 11 is 0. The van der Waals surface area contributed by atoms with Gasteiger partial charge in [-0.25, -0.2) is 9.59 Å². The number of aromatic nitrogens is 1. The van der Waals surface area contributed by atoms with E-state index in [0.29, 0.717) is 6.42 Å². The fraction of sp³-hybridized carbons (Fsp3) is 0.269. The molecule has 164 valence electrons. The van der Waals surface area contributed by atoms with Crippen LogP contribution in [0.5, 0.6) is 0 Å². The van der Waals surface area contributed by atoms with Crippen molar-refractivity contribution in [1.29, 1.82) is 0 Å². The van der Waals surface area contributed by atoms with E-state index in [1.54, 1.807) is 12.4 Å². The maximum Gasteiger partial charge on any atom is 0.410 e. The lowest BCUT2D eigenvalue weighted by Crippen LogP contribution is -2.43. The number of hydrogen-bond donors (Lipinski definition) is 1. The van der Waals surface area contributed by atoms with Crippen LogP contribution in [0.2, 0.25) is 0 Å². The summed E-state index contributed by atoms with van der Waals surface area (Å²) in [5, 5.41) is 9.70. The Hall–Kier alpha value is -3.67. The summed E-state index contributed by atoms with van der Waals surface area (Å²) in [6.07, 6.45) is 3.62. The van der Waals surface area contributed by atoms with Gasteiger partial charge in [-0.05, 0) is 53.1 Å². The third-order valence-electron chi connectivity index (χ3n) is 6.01. The third-order valence-corrected chi connectivity index (χ3v) is 6.01. The number of aliphatic carboxylic acids is 1. The highest BCUT2D eigenvalue weighted by Crippen LogP contribution is 2.44. The van der Waals surface area contributed by atoms with Gasteiger partial charge >= 0.3 is 12.1 Å². The summed E-state index contributed by atoms with van der Waals surface area (Å²) < 4.78 is 5.62. The van der Waals surface area contributed by atoms with Gasteiger partial charge in [0.2, 0.25) is 0 Å². The molecule has 1 aromatic heterocycles. The van der Waals surface area contributed by atoms with Crippen molar-refractivity contribution in [3.8, 4) is 11.1 Å². The van der Waals surface area contributed by atoms with Crippen molar-refractivity contribution in [3.63, 3.8) is 0 Å². The number of likely N-dealkylation sites (N-methyl/N-ethyl adjacent to an activating group) is 1. The van der Waals surface area contributed by atoms with E-state index in [1.165, 1.54) is 11.9 Å². The van der Waals surface area contributed by atoms with Crippen molar-refractivity contribution in [3.05, 3.63) is 89.2 Å². The second-order valence-electron chi connectivity index (χ2n) is 8.18. The number of rotatable bonds is 7. The lowest BCUT2D eigenvalue weighted by molar-refractivity contribution is -0.142. The van der Waals surface area contributed by atoms with E-state index in [9.17, 15) is 14.7 Å². The topological polar surface area (TPSA) is 79.7 Å². The number of carbonyl (C=O) groups is 2. The Morgan fingerprint density at radius 1 is 1.06 bits per heavy atom. The van der Waals surface area contributed by atoms with E-state index in [-0.39, 0.29) is 18.9 Å². The Balaban J connectivity index is 1.43. The molecule has 1 aliphatic rings. The number of benzene rings is 2. The van der Waals surface area contributed by atoms with E-state index >= 15 is 0 Å². The van der Waals surface area contributed by atoms with Crippen molar-refractivity contribution >= 4 is 12.1 Å². The van der Waals surface area contributed by atoms with Crippen molar-refractivity contribution in [1.82, 2.24) is 9.88 Å². The van der Waals surface area contributed by atoms with Gasteiger partial charge < -0.3 is 9.84 Å². The highest BCUT2D eigenvalue weighted by atomic mass is 16.6. The molecule has 3 aromatic rings. The van der Waals surface area contributed by atoms with Crippen molar-refractivity contribution in [2.75, 3.05) is 13.7 Å². The van der Waals surface area contributed by atoms with Gasteiger partial charge in [-0.3, -0.25) is 9.88 Å². The molecule has 1 atom stereocenters. The average Bonchev–Trinajstić information content (AvgIpc) is 3.11. The summed E-state index contributed by atoms with van der Waals surface area (Å²) in [5.74, 6) is -1.12. The summed E-state index contributed by atoms with van der Waals surface area (Å²) in [5.41, 5.74) is 6.48. The number of fused-ring (bicyclic) bond motifs is 3. The van der Waals surface area contributed by atoms with Gasteiger partial charge in [0.15, 0.2) is 0 Å². The molecule has 0 saturated heterocycles. The maximum absolute atomic E-state index is 12.8. The van der Waals surface area contributed by atoms with Crippen molar-refractivity contribution in [2.45, 2.75) is 31.7 Å². The zero-order chi connectivity index (χ0) is 22.7. The third kappa shape index (κ3) is 4.35. The number of carboxylic acid groups (broad SMARTS) is 1. The molecular formula is C26H26N2O4. The van der Waals surface area contributed by atoms with Gasteiger partial charge in [-0.1, -0.05) is 54.6 Å². The van der Waals surface area contributed by atoms with E-state index in [4.69, 9.17) is 4.74 Å². The van der Waals surface area contributed by atoms with E-state index in [2.05, 4.69) is 17.1 Å². The molecule has 0 aliphatic heterocycles. The van der Waals surface area contributed by atoms with Crippen LogP contribution in [0.25, 0.3) is 11.1 Å². The van der Waals surface area contributed by atoms with Crippen LogP contribution in [0, 0.1) is 6.92 Å². The molecule has 0 bridgehead atoms. The molecule has 1 aliphatic carbocycles. The zero-order valence-corrected chi connectivity index (χ0v) is 18.2. The van der Waals surface area contributed by atoms with Gasteiger partial charge in [-0.2, -0.15) is 0 Å². The van der Waals surface area contributed by atoms with Crippen molar-refractivity contribution in [2.24, 2.45) is 0 Å². The van der Waals surface area contributed by atoms with Gasteiger partial charge in [0.25, 0.3) is 0 Å². The van der Waals surface area contributed by atoms with Gasteiger partial charge in [0.1, 0.15) is 12.6 Å². The van der Waals surface area contributed by atoms with Crippen LogP contribution in [0.15, 0.2) is 67.0 Å². The molecular weight excluding hydrogens is 404 g/mol.